The van der Waals surface area contributed by atoms with Crippen LogP contribution >= 0.6 is 11.6 Å². The summed E-state index contributed by atoms with van der Waals surface area (Å²) in [7, 11) is 0. The second-order valence-electron chi connectivity index (χ2n) is 5.94. The van der Waals surface area contributed by atoms with Crippen LogP contribution in [-0.4, -0.2) is 22.8 Å². The number of halogens is 1. The SMILES string of the molecule is O=C(Nc1nccc(Cl)c1O)OCC1c2ccccc2-c2ccccc21. The molecule has 2 aromatic carbocycles. The van der Waals surface area contributed by atoms with Crippen LogP contribution in [0.5, 0.6) is 5.75 Å². The van der Waals surface area contributed by atoms with Gasteiger partial charge in [-0.15, -0.1) is 0 Å². The minimum Gasteiger partial charge on any atom is -0.503 e. The van der Waals surface area contributed by atoms with E-state index in [0.717, 1.165) is 22.3 Å². The van der Waals surface area contributed by atoms with Crippen LogP contribution in [0.4, 0.5) is 10.6 Å². The van der Waals surface area contributed by atoms with Gasteiger partial charge in [0.2, 0.25) is 0 Å². The lowest BCUT2D eigenvalue weighted by Crippen LogP contribution is -2.18. The number of amides is 1. The van der Waals surface area contributed by atoms with Crippen LogP contribution < -0.4 is 5.32 Å². The average molecular weight is 367 g/mol. The number of rotatable bonds is 3. The van der Waals surface area contributed by atoms with Crippen LogP contribution in [0.1, 0.15) is 17.0 Å². The van der Waals surface area contributed by atoms with Crippen molar-refractivity contribution in [2.24, 2.45) is 0 Å². The van der Waals surface area contributed by atoms with Gasteiger partial charge in [0, 0.05) is 12.1 Å². The van der Waals surface area contributed by atoms with Gasteiger partial charge in [0.25, 0.3) is 0 Å². The van der Waals surface area contributed by atoms with Gasteiger partial charge in [-0.1, -0.05) is 60.1 Å². The molecule has 0 atom stereocenters. The van der Waals surface area contributed by atoms with Gasteiger partial charge in [0.1, 0.15) is 6.61 Å². The Morgan fingerprint density at radius 2 is 1.69 bits per heavy atom. The van der Waals surface area contributed by atoms with Crippen LogP contribution in [0.3, 0.4) is 0 Å². The zero-order valence-electron chi connectivity index (χ0n) is 13.6. The zero-order chi connectivity index (χ0) is 18.1. The highest BCUT2D eigenvalue weighted by Gasteiger charge is 2.29. The number of carbonyl (C=O) groups is 1. The molecule has 2 N–H and O–H groups in total. The van der Waals surface area contributed by atoms with E-state index in [2.05, 4.69) is 22.4 Å². The van der Waals surface area contributed by atoms with Crippen LogP contribution in [0.15, 0.2) is 60.8 Å². The first-order valence-electron chi connectivity index (χ1n) is 8.10. The fourth-order valence-electron chi connectivity index (χ4n) is 3.25. The van der Waals surface area contributed by atoms with Gasteiger partial charge < -0.3 is 9.84 Å². The van der Waals surface area contributed by atoms with Crippen LogP contribution in [-0.2, 0) is 4.74 Å². The molecule has 4 rings (SSSR count). The number of carbonyl (C=O) groups excluding carboxylic acids is 1. The molecule has 1 amide bonds. The predicted octanol–water partition coefficient (Wildman–Crippen LogP) is 4.80. The quantitative estimate of drug-likeness (QED) is 0.698. The van der Waals surface area contributed by atoms with Gasteiger partial charge in [-0.2, -0.15) is 0 Å². The van der Waals surface area contributed by atoms with E-state index in [0.29, 0.717) is 0 Å². The molecule has 6 heteroatoms. The van der Waals surface area contributed by atoms with E-state index in [-0.39, 0.29) is 29.1 Å². The van der Waals surface area contributed by atoms with Crippen molar-refractivity contribution in [3.63, 3.8) is 0 Å². The minimum absolute atomic E-state index is 0.0327. The van der Waals surface area contributed by atoms with Gasteiger partial charge in [0.05, 0.1) is 5.02 Å². The van der Waals surface area contributed by atoms with E-state index in [4.69, 9.17) is 16.3 Å². The Morgan fingerprint density at radius 1 is 1.08 bits per heavy atom. The van der Waals surface area contributed by atoms with Crippen LogP contribution in [0, 0.1) is 0 Å². The third-order valence-electron chi connectivity index (χ3n) is 4.44. The lowest BCUT2D eigenvalue weighted by Gasteiger charge is -2.14. The summed E-state index contributed by atoms with van der Waals surface area (Å²) in [4.78, 5) is 16.0. The predicted molar refractivity (Wildman–Crippen MR) is 99.6 cm³/mol. The molecule has 3 aromatic rings. The normalized spacial score (nSPS) is 12.3. The van der Waals surface area contributed by atoms with Crippen molar-refractivity contribution in [2.75, 3.05) is 11.9 Å². The molecule has 26 heavy (non-hydrogen) atoms. The maximum Gasteiger partial charge on any atom is 0.412 e. The molecule has 0 spiro atoms. The van der Waals surface area contributed by atoms with E-state index < -0.39 is 6.09 Å². The fourth-order valence-corrected chi connectivity index (χ4v) is 3.40. The number of hydrogen-bond acceptors (Lipinski definition) is 4. The van der Waals surface area contributed by atoms with E-state index in [1.165, 1.54) is 12.3 Å². The van der Waals surface area contributed by atoms with Gasteiger partial charge in [-0.3, -0.25) is 5.32 Å². The number of anilines is 1. The third-order valence-corrected chi connectivity index (χ3v) is 4.74. The summed E-state index contributed by atoms with van der Waals surface area (Å²) in [6.45, 7) is 0.182. The highest BCUT2D eigenvalue weighted by molar-refractivity contribution is 6.32. The van der Waals surface area contributed by atoms with Gasteiger partial charge in [0.15, 0.2) is 11.6 Å². The Bertz CT molecular complexity index is 945. The number of aromatic nitrogens is 1. The largest absolute Gasteiger partial charge is 0.503 e. The highest BCUT2D eigenvalue weighted by Crippen LogP contribution is 2.44. The van der Waals surface area contributed by atoms with Crippen molar-refractivity contribution in [2.45, 2.75) is 5.92 Å². The van der Waals surface area contributed by atoms with Crippen LogP contribution in [0.2, 0.25) is 5.02 Å². The van der Waals surface area contributed by atoms with Crippen molar-refractivity contribution in [3.05, 3.63) is 76.9 Å². The zero-order valence-corrected chi connectivity index (χ0v) is 14.4. The summed E-state index contributed by atoms with van der Waals surface area (Å²) < 4.78 is 5.39. The van der Waals surface area contributed by atoms with E-state index in [9.17, 15) is 9.90 Å². The number of nitrogens with zero attached hydrogens (tertiary/aromatic N) is 1. The molecule has 5 nitrogen and oxygen atoms in total. The first kappa shape index (κ1) is 16.4. The summed E-state index contributed by atoms with van der Waals surface area (Å²) in [5.41, 5.74) is 4.58. The van der Waals surface area contributed by atoms with Crippen molar-refractivity contribution in [1.82, 2.24) is 4.98 Å². The standard InChI is InChI=1S/C20H15ClN2O3/c21-17-9-10-22-19(18(17)24)23-20(25)26-11-16-14-7-3-1-5-12(14)13-6-2-4-8-15(13)16/h1-10,16,24H,11H2,(H,22,23,25). The fraction of sp³-hybridized carbons (Fsp3) is 0.100. The Balaban J connectivity index is 1.51. The molecule has 0 saturated heterocycles. The molecule has 0 bridgehead atoms. The number of hydrogen-bond donors (Lipinski definition) is 2. The molecule has 130 valence electrons. The second-order valence-corrected chi connectivity index (χ2v) is 6.35. The number of fused-ring (bicyclic) bond motifs is 3. The third kappa shape index (κ3) is 2.86. The Morgan fingerprint density at radius 3 is 2.35 bits per heavy atom. The Kier molecular flexibility index (Phi) is 4.22. The summed E-state index contributed by atoms with van der Waals surface area (Å²) >= 11 is 5.81. The molecular formula is C20H15ClN2O3. The first-order chi connectivity index (χ1) is 12.6. The highest BCUT2D eigenvalue weighted by atomic mass is 35.5. The number of benzene rings is 2. The van der Waals surface area contributed by atoms with Crippen LogP contribution in [0.25, 0.3) is 11.1 Å². The van der Waals surface area contributed by atoms with Crippen molar-refractivity contribution in [3.8, 4) is 16.9 Å². The van der Waals surface area contributed by atoms with Gasteiger partial charge in [-0.25, -0.2) is 9.78 Å². The first-order valence-corrected chi connectivity index (χ1v) is 8.48. The molecule has 0 saturated carbocycles. The minimum atomic E-state index is -0.697. The number of ether oxygens (including phenoxy) is 1. The maximum atomic E-state index is 12.1. The summed E-state index contributed by atoms with van der Waals surface area (Å²) in [6, 6.07) is 17.6. The Hall–Kier alpha value is -3.05. The topological polar surface area (TPSA) is 71.5 Å². The maximum absolute atomic E-state index is 12.1. The van der Waals surface area contributed by atoms with Crippen molar-refractivity contribution in [1.29, 1.82) is 0 Å². The van der Waals surface area contributed by atoms with E-state index in [1.807, 2.05) is 36.4 Å². The second kappa shape index (κ2) is 6.69. The number of pyridine rings is 1. The average Bonchev–Trinajstić information content (AvgIpc) is 2.98. The molecule has 1 aliphatic rings. The molecule has 1 aliphatic carbocycles. The number of aromatic hydroxyl groups is 1. The molecule has 1 aromatic heterocycles. The summed E-state index contributed by atoms with van der Waals surface area (Å²) in [6.07, 6.45) is 0.693. The van der Waals surface area contributed by atoms with Crippen molar-refractivity contribution >= 4 is 23.5 Å². The smallest absolute Gasteiger partial charge is 0.412 e. The van der Waals surface area contributed by atoms with E-state index in [1.54, 1.807) is 0 Å². The van der Waals surface area contributed by atoms with E-state index >= 15 is 0 Å². The van der Waals surface area contributed by atoms with Gasteiger partial charge in [-0.05, 0) is 28.3 Å². The molecule has 0 fully saturated rings. The monoisotopic (exact) mass is 366 g/mol. The molecular weight excluding hydrogens is 352 g/mol. The molecule has 1 heterocycles. The molecule has 0 radical (unpaired) electrons. The Labute approximate surface area is 155 Å². The summed E-state index contributed by atoms with van der Waals surface area (Å²) in [5.74, 6) is -0.355. The summed E-state index contributed by atoms with van der Waals surface area (Å²) in [5, 5.41) is 12.3. The lowest BCUT2D eigenvalue weighted by atomic mass is 9.98. The lowest BCUT2D eigenvalue weighted by molar-refractivity contribution is 0.158. The van der Waals surface area contributed by atoms with Crippen molar-refractivity contribution < 1.29 is 14.6 Å². The molecule has 0 aliphatic heterocycles. The van der Waals surface area contributed by atoms with Gasteiger partial charge >= 0.3 is 6.09 Å². The molecule has 0 unspecified atom stereocenters. The number of nitrogens with one attached hydrogen (secondary N) is 1.